The minimum atomic E-state index is -4.42. The Kier molecular flexibility index (Phi) is 4.27. The van der Waals surface area contributed by atoms with Gasteiger partial charge in [0.25, 0.3) is 0 Å². The SMILES string of the molecule is Cc1cc(Oc2nc(Br)nn2C(C)C)cc(C(F)(F)F)c1. The Bertz CT molecular complexity index is 653. The summed E-state index contributed by atoms with van der Waals surface area (Å²) in [5.74, 6) is 0.0733. The van der Waals surface area contributed by atoms with E-state index in [1.807, 2.05) is 13.8 Å². The van der Waals surface area contributed by atoms with E-state index >= 15 is 0 Å². The van der Waals surface area contributed by atoms with Crippen LogP contribution in [0.15, 0.2) is 22.9 Å². The second-order valence-electron chi connectivity index (χ2n) is 4.84. The van der Waals surface area contributed by atoms with E-state index in [0.29, 0.717) is 10.3 Å². The highest BCUT2D eigenvalue weighted by Crippen LogP contribution is 2.34. The molecule has 0 unspecified atom stereocenters. The van der Waals surface area contributed by atoms with Crippen LogP contribution in [0, 0.1) is 6.92 Å². The van der Waals surface area contributed by atoms with Gasteiger partial charge < -0.3 is 4.74 Å². The molecule has 114 valence electrons. The average Bonchev–Trinajstić information content (AvgIpc) is 2.68. The minimum absolute atomic E-state index is 0.0364. The van der Waals surface area contributed by atoms with Crippen molar-refractivity contribution in [2.75, 3.05) is 0 Å². The van der Waals surface area contributed by atoms with Crippen molar-refractivity contribution in [2.45, 2.75) is 33.0 Å². The molecule has 2 aromatic rings. The Morgan fingerprint density at radius 1 is 1.24 bits per heavy atom. The van der Waals surface area contributed by atoms with Gasteiger partial charge in [-0.2, -0.15) is 18.2 Å². The van der Waals surface area contributed by atoms with Crippen LogP contribution in [-0.4, -0.2) is 14.8 Å². The van der Waals surface area contributed by atoms with E-state index in [-0.39, 0.29) is 17.8 Å². The number of nitrogens with zero attached hydrogens (tertiary/aromatic N) is 3. The summed E-state index contributed by atoms with van der Waals surface area (Å²) in [5, 5.41) is 4.07. The van der Waals surface area contributed by atoms with Gasteiger partial charge in [-0.15, -0.1) is 5.10 Å². The highest BCUT2D eigenvalue weighted by molar-refractivity contribution is 9.10. The van der Waals surface area contributed by atoms with Crippen molar-refractivity contribution < 1.29 is 17.9 Å². The van der Waals surface area contributed by atoms with Gasteiger partial charge >= 0.3 is 12.2 Å². The van der Waals surface area contributed by atoms with Crippen LogP contribution >= 0.6 is 15.9 Å². The van der Waals surface area contributed by atoms with Crippen molar-refractivity contribution in [3.8, 4) is 11.8 Å². The summed E-state index contributed by atoms with van der Waals surface area (Å²) in [6.45, 7) is 5.31. The first-order chi connectivity index (χ1) is 9.66. The summed E-state index contributed by atoms with van der Waals surface area (Å²) in [6, 6.07) is 3.62. The number of hydrogen-bond acceptors (Lipinski definition) is 3. The second kappa shape index (κ2) is 5.67. The number of benzene rings is 1. The molecule has 0 aliphatic heterocycles. The molecule has 21 heavy (non-hydrogen) atoms. The minimum Gasteiger partial charge on any atom is -0.424 e. The van der Waals surface area contributed by atoms with Crippen LogP contribution in [0.3, 0.4) is 0 Å². The maximum Gasteiger partial charge on any atom is 0.416 e. The first kappa shape index (κ1) is 15.8. The van der Waals surface area contributed by atoms with Gasteiger partial charge in [0.15, 0.2) is 0 Å². The summed E-state index contributed by atoms with van der Waals surface area (Å²) in [5.41, 5.74) is -0.304. The summed E-state index contributed by atoms with van der Waals surface area (Å²) in [4.78, 5) is 4.01. The molecule has 1 aromatic heterocycles. The van der Waals surface area contributed by atoms with Gasteiger partial charge in [0.2, 0.25) is 4.73 Å². The molecular weight excluding hydrogens is 351 g/mol. The van der Waals surface area contributed by atoms with Crippen LogP contribution < -0.4 is 4.74 Å². The molecule has 4 nitrogen and oxygen atoms in total. The Labute approximate surface area is 128 Å². The van der Waals surface area contributed by atoms with Crippen LogP contribution in [-0.2, 0) is 6.18 Å². The quantitative estimate of drug-likeness (QED) is 0.790. The van der Waals surface area contributed by atoms with Crippen molar-refractivity contribution >= 4 is 15.9 Å². The number of ether oxygens (including phenoxy) is 1. The fourth-order valence-electron chi connectivity index (χ4n) is 1.77. The second-order valence-corrected chi connectivity index (χ2v) is 5.55. The highest BCUT2D eigenvalue weighted by atomic mass is 79.9. The smallest absolute Gasteiger partial charge is 0.416 e. The van der Waals surface area contributed by atoms with Gasteiger partial charge in [-0.1, -0.05) is 0 Å². The lowest BCUT2D eigenvalue weighted by molar-refractivity contribution is -0.137. The molecule has 0 spiro atoms. The number of alkyl halides is 3. The zero-order chi connectivity index (χ0) is 15.8. The standard InChI is InChI=1S/C13H13BrF3N3O/c1-7(2)20-12(18-11(14)19-20)21-10-5-8(3)4-9(6-10)13(15,16)17/h4-7H,1-3H3. The molecule has 2 rings (SSSR count). The maximum atomic E-state index is 12.8. The highest BCUT2D eigenvalue weighted by Gasteiger charge is 2.31. The van der Waals surface area contributed by atoms with Crippen LogP contribution in [0.1, 0.15) is 31.0 Å². The van der Waals surface area contributed by atoms with Crippen molar-refractivity contribution in [1.82, 2.24) is 14.8 Å². The molecular formula is C13H13BrF3N3O. The lowest BCUT2D eigenvalue weighted by Gasteiger charge is -2.12. The molecule has 1 aromatic carbocycles. The molecule has 0 aliphatic rings. The van der Waals surface area contributed by atoms with Crippen molar-refractivity contribution in [1.29, 1.82) is 0 Å². The molecule has 0 atom stereocenters. The van der Waals surface area contributed by atoms with E-state index in [1.165, 1.54) is 10.7 Å². The summed E-state index contributed by atoms with van der Waals surface area (Å²) < 4.78 is 45.7. The normalized spacial score (nSPS) is 12.0. The lowest BCUT2D eigenvalue weighted by atomic mass is 10.1. The van der Waals surface area contributed by atoms with Crippen LogP contribution in [0.4, 0.5) is 13.2 Å². The first-order valence-electron chi connectivity index (χ1n) is 6.15. The number of hydrogen-bond donors (Lipinski definition) is 0. The van der Waals surface area contributed by atoms with E-state index in [2.05, 4.69) is 26.0 Å². The number of aryl methyl sites for hydroxylation is 1. The Morgan fingerprint density at radius 2 is 1.90 bits per heavy atom. The Balaban J connectivity index is 2.38. The Hall–Kier alpha value is -1.57. The van der Waals surface area contributed by atoms with E-state index in [0.717, 1.165) is 12.1 Å². The fraction of sp³-hybridized carbons (Fsp3) is 0.385. The zero-order valence-corrected chi connectivity index (χ0v) is 13.2. The molecule has 0 N–H and O–H groups in total. The molecule has 0 saturated carbocycles. The van der Waals surface area contributed by atoms with Crippen molar-refractivity contribution in [3.63, 3.8) is 0 Å². The van der Waals surface area contributed by atoms with Gasteiger partial charge in [-0.3, -0.25) is 0 Å². The third-order valence-electron chi connectivity index (χ3n) is 2.65. The third-order valence-corrected chi connectivity index (χ3v) is 2.99. The molecule has 1 heterocycles. The van der Waals surface area contributed by atoms with Gasteiger partial charge in [0.05, 0.1) is 11.6 Å². The van der Waals surface area contributed by atoms with E-state index in [4.69, 9.17) is 4.74 Å². The number of halogens is 4. The third kappa shape index (κ3) is 3.75. The molecule has 0 bridgehead atoms. The monoisotopic (exact) mass is 363 g/mol. The summed E-state index contributed by atoms with van der Waals surface area (Å²) in [6.07, 6.45) is -4.42. The van der Waals surface area contributed by atoms with Gasteiger partial charge in [-0.25, -0.2) is 4.68 Å². The van der Waals surface area contributed by atoms with Gasteiger partial charge in [-0.05, 0) is 60.5 Å². The van der Waals surface area contributed by atoms with E-state index in [9.17, 15) is 13.2 Å². The Morgan fingerprint density at radius 3 is 2.48 bits per heavy atom. The fourth-order valence-corrected chi connectivity index (χ4v) is 2.09. The molecule has 0 saturated heterocycles. The first-order valence-corrected chi connectivity index (χ1v) is 6.95. The summed E-state index contributed by atoms with van der Waals surface area (Å²) in [7, 11) is 0. The summed E-state index contributed by atoms with van der Waals surface area (Å²) >= 11 is 3.12. The molecule has 0 aliphatic carbocycles. The number of aromatic nitrogens is 3. The van der Waals surface area contributed by atoms with E-state index < -0.39 is 11.7 Å². The lowest BCUT2D eigenvalue weighted by Crippen LogP contribution is -2.07. The zero-order valence-electron chi connectivity index (χ0n) is 11.6. The van der Waals surface area contributed by atoms with Crippen LogP contribution in [0.2, 0.25) is 0 Å². The number of rotatable bonds is 3. The largest absolute Gasteiger partial charge is 0.424 e. The average molecular weight is 364 g/mol. The maximum absolute atomic E-state index is 12.8. The predicted octanol–water partition coefficient (Wildman–Crippen LogP) is 4.74. The molecule has 0 radical (unpaired) electrons. The van der Waals surface area contributed by atoms with Gasteiger partial charge in [0.1, 0.15) is 5.75 Å². The molecule has 8 heteroatoms. The predicted molar refractivity (Wildman–Crippen MR) is 74.4 cm³/mol. The van der Waals surface area contributed by atoms with Crippen molar-refractivity contribution in [2.24, 2.45) is 0 Å². The molecule has 0 fully saturated rings. The van der Waals surface area contributed by atoms with Crippen LogP contribution in [0.25, 0.3) is 0 Å². The van der Waals surface area contributed by atoms with Gasteiger partial charge in [0, 0.05) is 0 Å². The molecule has 0 amide bonds. The topological polar surface area (TPSA) is 39.9 Å². The van der Waals surface area contributed by atoms with Crippen molar-refractivity contribution in [3.05, 3.63) is 34.1 Å². The van der Waals surface area contributed by atoms with Crippen LogP contribution in [0.5, 0.6) is 11.8 Å². The van der Waals surface area contributed by atoms with E-state index in [1.54, 1.807) is 6.92 Å².